The van der Waals surface area contributed by atoms with Gasteiger partial charge in [-0.2, -0.15) is 13.2 Å². The third kappa shape index (κ3) is 9.19. The molecule has 2 aliphatic heterocycles. The SMILES string of the molecule is C=CC/C=C/C(/C=C\C)C(COC)N(C)C=O.CN1CC2(CNC[C@H]2C=O)C1.O=CC1(C(F)(F)F)CC1. The van der Waals surface area contributed by atoms with Crippen molar-refractivity contribution in [1.82, 2.24) is 15.1 Å². The van der Waals surface area contributed by atoms with Gasteiger partial charge in [-0.3, -0.25) is 4.79 Å². The van der Waals surface area contributed by atoms with E-state index < -0.39 is 11.6 Å². The summed E-state index contributed by atoms with van der Waals surface area (Å²) < 4.78 is 40.2. The van der Waals surface area contributed by atoms with E-state index in [1.54, 1.807) is 19.1 Å². The van der Waals surface area contributed by atoms with Gasteiger partial charge in [0.1, 0.15) is 18.0 Å². The van der Waals surface area contributed by atoms with Crippen LogP contribution >= 0.6 is 0 Å². The second-order valence-electron chi connectivity index (χ2n) is 10.0. The zero-order valence-electron chi connectivity index (χ0n) is 22.4. The van der Waals surface area contributed by atoms with Crippen LogP contribution in [-0.2, 0) is 19.1 Å². The Labute approximate surface area is 218 Å². The maximum absolute atomic E-state index is 11.7. The van der Waals surface area contributed by atoms with Crippen LogP contribution in [0.3, 0.4) is 0 Å². The molecule has 0 radical (unpaired) electrons. The predicted molar refractivity (Wildman–Crippen MR) is 138 cm³/mol. The fraction of sp³-hybridized carbons (Fsp3) is 0.667. The average molecular weight is 530 g/mol. The first-order valence-corrected chi connectivity index (χ1v) is 12.4. The number of hydrogen-bond acceptors (Lipinski definition) is 6. The first kappa shape index (κ1) is 32.7. The molecule has 1 spiro atoms. The van der Waals surface area contributed by atoms with Gasteiger partial charge in [-0.15, -0.1) is 6.58 Å². The van der Waals surface area contributed by atoms with E-state index in [2.05, 4.69) is 42.1 Å². The van der Waals surface area contributed by atoms with E-state index in [-0.39, 0.29) is 37.0 Å². The van der Waals surface area contributed by atoms with Gasteiger partial charge < -0.3 is 29.4 Å². The molecule has 1 amide bonds. The first-order valence-electron chi connectivity index (χ1n) is 12.4. The van der Waals surface area contributed by atoms with E-state index in [0.717, 1.165) is 45.3 Å². The summed E-state index contributed by atoms with van der Waals surface area (Å²) in [5.41, 5.74) is -1.65. The fourth-order valence-electron chi connectivity index (χ4n) is 4.62. The van der Waals surface area contributed by atoms with Crippen LogP contribution < -0.4 is 5.32 Å². The first-order chi connectivity index (χ1) is 17.5. The Hall–Kier alpha value is -2.30. The van der Waals surface area contributed by atoms with Crippen LogP contribution in [0.4, 0.5) is 13.2 Å². The molecule has 3 atom stereocenters. The number of alkyl halides is 3. The molecule has 7 nitrogen and oxygen atoms in total. The van der Waals surface area contributed by atoms with E-state index in [0.29, 0.717) is 12.0 Å². The molecule has 1 aliphatic carbocycles. The molecule has 37 heavy (non-hydrogen) atoms. The van der Waals surface area contributed by atoms with Gasteiger partial charge in [0.25, 0.3) is 0 Å². The number of hydrogen-bond donors (Lipinski definition) is 1. The minimum absolute atomic E-state index is 0.00694. The molecule has 1 saturated carbocycles. The summed E-state index contributed by atoms with van der Waals surface area (Å²) in [6.07, 6.45) is 8.48. The van der Waals surface area contributed by atoms with Crippen LogP contribution in [0.1, 0.15) is 26.2 Å². The van der Waals surface area contributed by atoms with Crippen LogP contribution in [0, 0.1) is 22.7 Å². The summed E-state index contributed by atoms with van der Waals surface area (Å²) in [6.45, 7) is 10.3. The Morgan fingerprint density at radius 1 is 1.22 bits per heavy atom. The number of carbonyl (C=O) groups excluding carboxylic acids is 3. The van der Waals surface area contributed by atoms with Crippen molar-refractivity contribution in [2.45, 2.75) is 38.4 Å². The minimum Gasteiger partial charge on any atom is -0.383 e. The van der Waals surface area contributed by atoms with Crippen LogP contribution in [0.15, 0.2) is 37.0 Å². The molecule has 3 fully saturated rings. The summed E-state index contributed by atoms with van der Waals surface area (Å²) in [4.78, 5) is 35.3. The molecule has 210 valence electrons. The average Bonchev–Trinajstić information content (AvgIpc) is 3.56. The molecule has 0 aromatic carbocycles. The van der Waals surface area contributed by atoms with Gasteiger partial charge in [-0.05, 0) is 33.2 Å². The van der Waals surface area contributed by atoms with Crippen LogP contribution in [0.2, 0.25) is 0 Å². The highest BCUT2D eigenvalue weighted by atomic mass is 19.4. The molecule has 2 heterocycles. The van der Waals surface area contributed by atoms with E-state index >= 15 is 0 Å². The highest BCUT2D eigenvalue weighted by molar-refractivity contribution is 5.64. The number of ether oxygens (including phenoxy) is 1. The standard InChI is InChI=1S/C14H23NO2.C8H14N2O.C5H5F3O/c1-5-7-8-10-13(9-6-2)14(11-17-4)15(3)12-16;1-10-5-8(6-10)4-9-2-7(8)3-11;6-5(7,8)4(3-9)1-2-4/h5-6,8-10,12-14H,1,7,11H2,2-4H3;3,7,9H,2,4-6H2,1H3;3H,1-2H2/b9-6-,10-8+;;/t;7-;/m.0./s1. The molecule has 3 aliphatic rings. The summed E-state index contributed by atoms with van der Waals surface area (Å²) in [7, 11) is 5.52. The Morgan fingerprint density at radius 2 is 1.86 bits per heavy atom. The van der Waals surface area contributed by atoms with Gasteiger partial charge in [-0.25, -0.2) is 0 Å². The fourth-order valence-corrected chi connectivity index (χ4v) is 4.62. The molecular formula is C27H42F3N3O4. The molecule has 0 bridgehead atoms. The number of rotatable bonds is 11. The van der Waals surface area contributed by atoms with Gasteiger partial charge in [0.2, 0.25) is 6.41 Å². The van der Waals surface area contributed by atoms with Gasteiger partial charge in [0.05, 0.1) is 12.6 Å². The maximum Gasteiger partial charge on any atom is 0.401 e. The Morgan fingerprint density at radius 3 is 2.24 bits per heavy atom. The van der Waals surface area contributed by atoms with Crippen molar-refractivity contribution in [3.05, 3.63) is 37.0 Å². The molecule has 2 unspecified atom stereocenters. The number of nitrogens with zero attached hydrogens (tertiary/aromatic N) is 2. The van der Waals surface area contributed by atoms with Gasteiger partial charge in [0, 0.05) is 57.6 Å². The second-order valence-corrected chi connectivity index (χ2v) is 10.0. The lowest BCUT2D eigenvalue weighted by atomic mass is 9.72. The van der Waals surface area contributed by atoms with E-state index in [9.17, 15) is 27.6 Å². The van der Waals surface area contributed by atoms with Crippen LogP contribution in [-0.4, -0.2) is 95.0 Å². The van der Waals surface area contributed by atoms with Crippen molar-refractivity contribution in [3.63, 3.8) is 0 Å². The Kier molecular flexibility index (Phi) is 13.4. The third-order valence-electron chi connectivity index (χ3n) is 7.09. The zero-order chi connectivity index (χ0) is 28.1. The van der Waals surface area contributed by atoms with Crippen molar-refractivity contribution in [3.8, 4) is 0 Å². The maximum atomic E-state index is 11.7. The number of halogens is 3. The number of likely N-dealkylation sites (N-methyl/N-ethyl adjacent to an activating group) is 1. The quantitative estimate of drug-likeness (QED) is 0.327. The molecule has 2 saturated heterocycles. The summed E-state index contributed by atoms with van der Waals surface area (Å²) in [6, 6.07) is 0.0229. The Balaban J connectivity index is 0.000000293. The lowest BCUT2D eigenvalue weighted by molar-refractivity contribution is -0.183. The van der Waals surface area contributed by atoms with E-state index in [1.165, 1.54) is 0 Å². The molecule has 3 rings (SSSR count). The topological polar surface area (TPSA) is 79.0 Å². The van der Waals surface area contributed by atoms with Gasteiger partial charge >= 0.3 is 6.18 Å². The summed E-state index contributed by atoms with van der Waals surface area (Å²) >= 11 is 0. The molecule has 0 aromatic heterocycles. The molecule has 0 aromatic rings. The number of allylic oxidation sites excluding steroid dienone is 3. The van der Waals surface area contributed by atoms with Crippen molar-refractivity contribution in [2.75, 3.05) is 54.0 Å². The van der Waals surface area contributed by atoms with E-state index in [1.807, 2.05) is 19.1 Å². The summed E-state index contributed by atoms with van der Waals surface area (Å²) in [5.74, 6) is 0.425. The highest BCUT2D eigenvalue weighted by Crippen LogP contribution is 2.55. The number of methoxy groups -OCH3 is 1. The monoisotopic (exact) mass is 529 g/mol. The minimum atomic E-state index is -4.31. The zero-order valence-corrected chi connectivity index (χ0v) is 22.4. The van der Waals surface area contributed by atoms with Crippen molar-refractivity contribution < 1.29 is 32.3 Å². The van der Waals surface area contributed by atoms with Crippen molar-refractivity contribution >= 4 is 19.0 Å². The number of nitrogens with one attached hydrogen (secondary N) is 1. The second kappa shape index (κ2) is 15.2. The molecule has 10 heteroatoms. The van der Waals surface area contributed by atoms with Crippen LogP contribution in [0.5, 0.6) is 0 Å². The Bertz CT molecular complexity index is 790. The van der Waals surface area contributed by atoms with Crippen molar-refractivity contribution in [1.29, 1.82) is 0 Å². The van der Waals surface area contributed by atoms with Gasteiger partial charge in [0.15, 0.2) is 0 Å². The van der Waals surface area contributed by atoms with Crippen molar-refractivity contribution in [2.24, 2.45) is 22.7 Å². The summed E-state index contributed by atoms with van der Waals surface area (Å²) in [5, 5.41) is 3.28. The third-order valence-corrected chi connectivity index (χ3v) is 7.09. The highest BCUT2D eigenvalue weighted by Gasteiger charge is 2.63. The van der Waals surface area contributed by atoms with Gasteiger partial charge in [-0.1, -0.05) is 30.4 Å². The lowest BCUT2D eigenvalue weighted by Crippen LogP contribution is -2.58. The van der Waals surface area contributed by atoms with E-state index in [4.69, 9.17) is 4.74 Å². The number of likely N-dealkylation sites (tertiary alicyclic amines) is 1. The molecular weight excluding hydrogens is 487 g/mol. The van der Waals surface area contributed by atoms with Crippen LogP contribution in [0.25, 0.3) is 0 Å². The lowest BCUT2D eigenvalue weighted by Gasteiger charge is -2.48. The normalized spacial score (nSPS) is 23.2. The number of aldehydes is 2. The number of carbonyl (C=O) groups is 3. The smallest absolute Gasteiger partial charge is 0.383 e. The predicted octanol–water partition coefficient (Wildman–Crippen LogP) is 3.28. The number of amides is 1. The largest absolute Gasteiger partial charge is 0.401 e. The molecule has 1 N–H and O–H groups in total.